The van der Waals surface area contributed by atoms with Crippen molar-refractivity contribution in [2.75, 3.05) is 6.61 Å². The Bertz CT molecular complexity index is 1170. The maximum atomic E-state index is 12.8. The Morgan fingerprint density at radius 3 is 2.03 bits per heavy atom. The molecule has 35 heavy (non-hydrogen) atoms. The van der Waals surface area contributed by atoms with Crippen molar-refractivity contribution in [1.82, 2.24) is 10.6 Å². The van der Waals surface area contributed by atoms with Gasteiger partial charge in [-0.2, -0.15) is 0 Å². The summed E-state index contributed by atoms with van der Waals surface area (Å²) < 4.78 is 5.67. The number of fused-ring (bicyclic) bond motifs is 3. The average molecular weight is 473 g/mol. The van der Waals surface area contributed by atoms with E-state index in [2.05, 4.69) is 34.9 Å². The van der Waals surface area contributed by atoms with Crippen molar-refractivity contribution in [3.05, 3.63) is 95.6 Å². The van der Waals surface area contributed by atoms with Crippen LogP contribution >= 0.6 is 0 Å². The van der Waals surface area contributed by atoms with Crippen molar-refractivity contribution in [3.8, 4) is 11.1 Å². The van der Waals surface area contributed by atoms with Crippen molar-refractivity contribution in [2.45, 2.75) is 37.8 Å². The van der Waals surface area contributed by atoms with Gasteiger partial charge in [-0.3, -0.25) is 9.59 Å². The van der Waals surface area contributed by atoms with Gasteiger partial charge in [-0.25, -0.2) is 4.79 Å². The summed E-state index contributed by atoms with van der Waals surface area (Å²) in [5, 5.41) is 14.3. The predicted octanol–water partition coefficient (Wildman–Crippen LogP) is 4.64. The molecular weight excluding hydrogens is 444 g/mol. The largest absolute Gasteiger partial charge is 0.480 e. The van der Waals surface area contributed by atoms with Crippen molar-refractivity contribution >= 4 is 18.0 Å². The predicted molar refractivity (Wildman–Crippen MR) is 132 cm³/mol. The number of benzene rings is 3. The fourth-order valence-electron chi connectivity index (χ4n) is 4.44. The van der Waals surface area contributed by atoms with Crippen molar-refractivity contribution in [2.24, 2.45) is 0 Å². The van der Waals surface area contributed by atoms with Gasteiger partial charge >= 0.3 is 12.1 Å². The highest BCUT2D eigenvalue weighted by Crippen LogP contribution is 2.44. The van der Waals surface area contributed by atoms with Gasteiger partial charge in [-0.05, 0) is 41.2 Å². The van der Waals surface area contributed by atoms with Crippen LogP contribution in [0.15, 0.2) is 78.9 Å². The normalized spacial score (nSPS) is 13.7. The summed E-state index contributed by atoms with van der Waals surface area (Å²) in [6, 6.07) is 24.1. The van der Waals surface area contributed by atoms with E-state index >= 15 is 0 Å². The lowest BCUT2D eigenvalue weighted by Gasteiger charge is -2.20. The Balaban J connectivity index is 1.40. The molecule has 3 aromatic carbocycles. The molecule has 4 rings (SSSR count). The molecule has 3 N–H and O–H groups in total. The van der Waals surface area contributed by atoms with E-state index < -0.39 is 30.1 Å². The first-order valence-corrected chi connectivity index (χ1v) is 11.6. The number of carboxylic acids is 1. The first kappa shape index (κ1) is 24.0. The second-order valence-corrected chi connectivity index (χ2v) is 8.60. The fourth-order valence-corrected chi connectivity index (χ4v) is 4.44. The van der Waals surface area contributed by atoms with Gasteiger partial charge < -0.3 is 20.5 Å². The van der Waals surface area contributed by atoms with Crippen LogP contribution in [-0.4, -0.2) is 35.7 Å². The Labute approximate surface area is 204 Å². The van der Waals surface area contributed by atoms with Gasteiger partial charge in [-0.1, -0.05) is 78.9 Å². The molecule has 0 bridgehead atoms. The molecule has 7 nitrogen and oxygen atoms in total. The SMILES string of the molecule is CC(NC(=O)CCC(NC(=O)OCC1c2ccccc2-c2ccccc21)c1ccccc1)C(=O)O. The second kappa shape index (κ2) is 10.9. The van der Waals surface area contributed by atoms with E-state index in [0.717, 1.165) is 27.8 Å². The van der Waals surface area contributed by atoms with Crippen LogP contribution in [0.1, 0.15) is 48.4 Å². The van der Waals surface area contributed by atoms with Gasteiger partial charge in [-0.15, -0.1) is 0 Å². The number of carbonyl (C=O) groups is 3. The van der Waals surface area contributed by atoms with E-state index in [-0.39, 0.29) is 18.9 Å². The minimum atomic E-state index is -1.10. The molecule has 0 saturated carbocycles. The fraction of sp³-hybridized carbons (Fsp3) is 0.250. The van der Waals surface area contributed by atoms with E-state index in [4.69, 9.17) is 9.84 Å². The van der Waals surface area contributed by atoms with Crippen LogP contribution in [0.5, 0.6) is 0 Å². The molecule has 7 heteroatoms. The van der Waals surface area contributed by atoms with E-state index in [1.54, 1.807) is 0 Å². The molecule has 0 heterocycles. The molecule has 180 valence electrons. The van der Waals surface area contributed by atoms with E-state index in [0.29, 0.717) is 6.42 Å². The number of aliphatic carboxylic acids is 1. The lowest BCUT2D eigenvalue weighted by atomic mass is 9.98. The highest BCUT2D eigenvalue weighted by atomic mass is 16.5. The summed E-state index contributed by atoms with van der Waals surface area (Å²) in [5.41, 5.74) is 5.40. The highest BCUT2D eigenvalue weighted by Gasteiger charge is 2.29. The van der Waals surface area contributed by atoms with Gasteiger partial charge in [0.1, 0.15) is 12.6 Å². The molecule has 3 aromatic rings. The molecule has 0 aromatic heterocycles. The van der Waals surface area contributed by atoms with Crippen LogP contribution in [0.25, 0.3) is 11.1 Å². The Morgan fingerprint density at radius 1 is 0.857 bits per heavy atom. The van der Waals surface area contributed by atoms with Gasteiger partial charge in [0.2, 0.25) is 5.91 Å². The standard InChI is InChI=1S/C28H28N2O5/c1-18(27(32)33)29-26(31)16-15-25(19-9-3-2-4-10-19)30-28(34)35-17-24-22-13-7-5-11-20(22)21-12-6-8-14-23(21)24/h2-14,18,24-25H,15-17H2,1H3,(H,29,31)(H,30,34)(H,32,33). The third-order valence-electron chi connectivity index (χ3n) is 6.25. The first-order chi connectivity index (χ1) is 16.9. The minimum Gasteiger partial charge on any atom is -0.480 e. The molecular formula is C28H28N2O5. The van der Waals surface area contributed by atoms with Crippen LogP contribution in [0, 0.1) is 0 Å². The van der Waals surface area contributed by atoms with Crippen LogP contribution in [0.3, 0.4) is 0 Å². The molecule has 1 aliphatic carbocycles. The zero-order chi connectivity index (χ0) is 24.8. The maximum absolute atomic E-state index is 12.8. The van der Waals surface area contributed by atoms with E-state index in [9.17, 15) is 14.4 Å². The van der Waals surface area contributed by atoms with Gasteiger partial charge in [0.25, 0.3) is 0 Å². The van der Waals surface area contributed by atoms with Crippen LogP contribution in [0.4, 0.5) is 4.79 Å². The third-order valence-corrected chi connectivity index (χ3v) is 6.25. The molecule has 0 saturated heterocycles. The average Bonchev–Trinajstić information content (AvgIpc) is 3.19. The summed E-state index contributed by atoms with van der Waals surface area (Å²) >= 11 is 0. The first-order valence-electron chi connectivity index (χ1n) is 11.6. The minimum absolute atomic E-state index is 0.0494. The number of carbonyl (C=O) groups excluding carboxylic acids is 2. The number of hydrogen-bond donors (Lipinski definition) is 3. The zero-order valence-corrected chi connectivity index (χ0v) is 19.4. The number of nitrogens with one attached hydrogen (secondary N) is 2. The summed E-state index contributed by atoms with van der Waals surface area (Å²) in [4.78, 5) is 36.0. The molecule has 0 radical (unpaired) electrons. The molecule has 2 atom stereocenters. The molecule has 1 aliphatic rings. The quantitative estimate of drug-likeness (QED) is 0.421. The lowest BCUT2D eigenvalue weighted by molar-refractivity contribution is -0.141. The monoisotopic (exact) mass is 472 g/mol. The van der Waals surface area contributed by atoms with Crippen LogP contribution in [0.2, 0.25) is 0 Å². The molecule has 0 spiro atoms. The zero-order valence-electron chi connectivity index (χ0n) is 19.4. The van der Waals surface area contributed by atoms with Gasteiger partial charge in [0.15, 0.2) is 0 Å². The summed E-state index contributed by atoms with van der Waals surface area (Å²) in [5.74, 6) is -1.54. The number of ether oxygens (including phenoxy) is 1. The third kappa shape index (κ3) is 5.69. The molecule has 0 aliphatic heterocycles. The van der Waals surface area contributed by atoms with Gasteiger partial charge in [0, 0.05) is 12.3 Å². The van der Waals surface area contributed by atoms with Crippen LogP contribution in [-0.2, 0) is 14.3 Å². The number of rotatable bonds is 9. The summed E-state index contributed by atoms with van der Waals surface area (Å²) in [6.45, 7) is 1.60. The van der Waals surface area contributed by atoms with Crippen molar-refractivity contribution < 1.29 is 24.2 Å². The van der Waals surface area contributed by atoms with Crippen molar-refractivity contribution in [1.29, 1.82) is 0 Å². The smallest absolute Gasteiger partial charge is 0.407 e. The topological polar surface area (TPSA) is 105 Å². The number of hydrogen-bond acceptors (Lipinski definition) is 4. The van der Waals surface area contributed by atoms with E-state index in [1.165, 1.54) is 6.92 Å². The van der Waals surface area contributed by atoms with E-state index in [1.807, 2.05) is 54.6 Å². The highest BCUT2D eigenvalue weighted by molar-refractivity contribution is 5.83. The molecule has 2 unspecified atom stereocenters. The summed E-state index contributed by atoms with van der Waals surface area (Å²) in [7, 11) is 0. The molecule has 2 amide bonds. The van der Waals surface area contributed by atoms with Gasteiger partial charge in [0.05, 0.1) is 6.04 Å². The summed E-state index contributed by atoms with van der Waals surface area (Å²) in [6.07, 6.45) is -0.215. The Morgan fingerprint density at radius 2 is 1.43 bits per heavy atom. The maximum Gasteiger partial charge on any atom is 0.407 e. The van der Waals surface area contributed by atoms with Crippen LogP contribution < -0.4 is 10.6 Å². The Hall–Kier alpha value is -4.13. The van der Waals surface area contributed by atoms with Crippen molar-refractivity contribution in [3.63, 3.8) is 0 Å². The lowest BCUT2D eigenvalue weighted by Crippen LogP contribution is -2.39. The Kier molecular flexibility index (Phi) is 7.45. The second-order valence-electron chi connectivity index (χ2n) is 8.60. The number of carboxylic acid groups (broad SMARTS) is 1. The number of alkyl carbamates (subject to hydrolysis) is 1. The number of amides is 2. The molecule has 0 fully saturated rings.